The van der Waals surface area contributed by atoms with E-state index in [2.05, 4.69) is 0 Å². The Balaban J connectivity index is 2.21. The number of halogens is 3. The minimum atomic E-state index is -4.31. The van der Waals surface area contributed by atoms with Gasteiger partial charge in [-0.2, -0.15) is 13.2 Å². The van der Waals surface area contributed by atoms with E-state index in [0.29, 0.717) is 6.54 Å². The Morgan fingerprint density at radius 1 is 1.24 bits per heavy atom. The van der Waals surface area contributed by atoms with Gasteiger partial charge in [-0.3, -0.25) is 4.79 Å². The van der Waals surface area contributed by atoms with Crippen LogP contribution in [0.4, 0.5) is 13.2 Å². The van der Waals surface area contributed by atoms with Crippen LogP contribution >= 0.6 is 0 Å². The first kappa shape index (κ1) is 12.0. The van der Waals surface area contributed by atoms with Crippen LogP contribution in [-0.2, 0) is 11.0 Å². The summed E-state index contributed by atoms with van der Waals surface area (Å²) in [7, 11) is 0. The van der Waals surface area contributed by atoms with Crippen molar-refractivity contribution in [3.63, 3.8) is 0 Å². The molecule has 1 unspecified atom stereocenters. The number of carbonyl (C=O) groups is 1. The van der Waals surface area contributed by atoms with Crippen molar-refractivity contribution >= 4 is 6.41 Å². The maximum absolute atomic E-state index is 12.4. The van der Waals surface area contributed by atoms with Gasteiger partial charge in [-0.05, 0) is 30.5 Å². The molecular weight excluding hydrogens is 231 g/mol. The Bertz CT molecular complexity index is 399. The Kier molecular flexibility index (Phi) is 3.09. The lowest BCUT2D eigenvalue weighted by molar-refractivity contribution is -0.137. The molecule has 0 radical (unpaired) electrons. The molecule has 5 heteroatoms. The van der Waals surface area contributed by atoms with Crippen LogP contribution in [0.25, 0.3) is 0 Å². The van der Waals surface area contributed by atoms with Gasteiger partial charge < -0.3 is 4.90 Å². The molecule has 0 N–H and O–H groups in total. The fraction of sp³-hybridized carbons (Fsp3) is 0.417. The molecule has 0 saturated carbocycles. The average molecular weight is 243 g/mol. The van der Waals surface area contributed by atoms with E-state index < -0.39 is 11.7 Å². The van der Waals surface area contributed by atoms with Gasteiger partial charge in [0.15, 0.2) is 0 Å². The molecule has 1 aromatic rings. The first-order valence-corrected chi connectivity index (χ1v) is 5.40. The molecule has 1 heterocycles. The van der Waals surface area contributed by atoms with E-state index in [1.807, 2.05) is 0 Å². The van der Waals surface area contributed by atoms with Crippen molar-refractivity contribution in [2.45, 2.75) is 25.1 Å². The van der Waals surface area contributed by atoms with Crippen LogP contribution in [-0.4, -0.2) is 17.9 Å². The van der Waals surface area contributed by atoms with Crippen LogP contribution in [0.2, 0.25) is 0 Å². The molecule has 0 aromatic heterocycles. The third-order valence-corrected chi connectivity index (χ3v) is 3.05. The van der Waals surface area contributed by atoms with Crippen molar-refractivity contribution in [3.8, 4) is 0 Å². The molecule has 0 aliphatic carbocycles. The zero-order valence-corrected chi connectivity index (χ0v) is 9.07. The van der Waals surface area contributed by atoms with Gasteiger partial charge >= 0.3 is 6.18 Å². The summed E-state index contributed by atoms with van der Waals surface area (Å²) in [5.74, 6) is 0. The van der Waals surface area contributed by atoms with Gasteiger partial charge in [0.25, 0.3) is 0 Å². The number of rotatable bonds is 2. The van der Waals surface area contributed by atoms with E-state index in [-0.39, 0.29) is 6.04 Å². The Hall–Kier alpha value is -1.52. The number of benzene rings is 1. The van der Waals surface area contributed by atoms with Crippen LogP contribution in [0.1, 0.15) is 30.0 Å². The normalized spacial score (nSPS) is 20.6. The van der Waals surface area contributed by atoms with Crippen molar-refractivity contribution in [2.75, 3.05) is 6.54 Å². The van der Waals surface area contributed by atoms with Crippen molar-refractivity contribution in [2.24, 2.45) is 0 Å². The van der Waals surface area contributed by atoms with Gasteiger partial charge in [-0.1, -0.05) is 12.1 Å². The number of hydrogen-bond donors (Lipinski definition) is 0. The Labute approximate surface area is 97.0 Å². The van der Waals surface area contributed by atoms with Gasteiger partial charge in [0, 0.05) is 6.54 Å². The van der Waals surface area contributed by atoms with E-state index in [1.54, 1.807) is 4.90 Å². The van der Waals surface area contributed by atoms with Crippen LogP contribution in [0, 0.1) is 0 Å². The zero-order chi connectivity index (χ0) is 12.5. The van der Waals surface area contributed by atoms with E-state index in [4.69, 9.17) is 0 Å². The molecule has 2 rings (SSSR count). The first-order valence-electron chi connectivity index (χ1n) is 5.40. The smallest absolute Gasteiger partial charge is 0.338 e. The number of alkyl halides is 3. The maximum atomic E-state index is 12.4. The molecule has 1 aromatic carbocycles. The first-order chi connectivity index (χ1) is 8.02. The lowest BCUT2D eigenvalue weighted by atomic mass is 10.0. The lowest BCUT2D eigenvalue weighted by Gasteiger charge is -2.20. The standard InChI is InChI=1S/C12H12F3NO/c13-12(14,15)10-5-3-9(4-6-10)11-2-1-7-16(11)8-17/h3-6,8,11H,1-2,7H2. The van der Waals surface area contributed by atoms with Gasteiger partial charge in [0.1, 0.15) is 0 Å². The second-order valence-electron chi connectivity index (χ2n) is 4.12. The minimum absolute atomic E-state index is 0.0743. The van der Waals surface area contributed by atoms with Crippen LogP contribution in [0.15, 0.2) is 24.3 Å². The summed E-state index contributed by atoms with van der Waals surface area (Å²) in [6.07, 6.45) is -1.84. The summed E-state index contributed by atoms with van der Waals surface area (Å²) in [6, 6.07) is 4.97. The summed E-state index contributed by atoms with van der Waals surface area (Å²) < 4.78 is 37.1. The van der Waals surface area contributed by atoms with Crippen LogP contribution in [0.5, 0.6) is 0 Å². The summed E-state index contributed by atoms with van der Waals surface area (Å²) >= 11 is 0. The van der Waals surface area contributed by atoms with E-state index in [9.17, 15) is 18.0 Å². The molecule has 2 nitrogen and oxygen atoms in total. The summed E-state index contributed by atoms with van der Waals surface area (Å²) in [6.45, 7) is 0.676. The van der Waals surface area contributed by atoms with E-state index >= 15 is 0 Å². The topological polar surface area (TPSA) is 20.3 Å². The molecule has 1 amide bonds. The third kappa shape index (κ3) is 2.43. The number of amides is 1. The largest absolute Gasteiger partial charge is 0.416 e. The fourth-order valence-electron chi connectivity index (χ4n) is 2.17. The monoisotopic (exact) mass is 243 g/mol. The highest BCUT2D eigenvalue weighted by molar-refractivity contribution is 5.49. The number of likely N-dealkylation sites (tertiary alicyclic amines) is 1. The molecule has 0 spiro atoms. The predicted molar refractivity (Wildman–Crippen MR) is 56.2 cm³/mol. The minimum Gasteiger partial charge on any atom is -0.338 e. The summed E-state index contributed by atoms with van der Waals surface area (Å²) in [5.41, 5.74) is 0.111. The highest BCUT2D eigenvalue weighted by Crippen LogP contribution is 2.33. The maximum Gasteiger partial charge on any atom is 0.416 e. The van der Waals surface area contributed by atoms with Crippen LogP contribution in [0.3, 0.4) is 0 Å². The number of hydrogen-bond acceptors (Lipinski definition) is 1. The van der Waals surface area contributed by atoms with Gasteiger partial charge in [0.2, 0.25) is 6.41 Å². The Morgan fingerprint density at radius 2 is 1.88 bits per heavy atom. The van der Waals surface area contributed by atoms with Crippen molar-refractivity contribution in [3.05, 3.63) is 35.4 Å². The van der Waals surface area contributed by atoms with Gasteiger partial charge in [-0.25, -0.2) is 0 Å². The predicted octanol–water partition coefficient (Wildman–Crippen LogP) is 3.00. The molecule has 1 fully saturated rings. The second-order valence-corrected chi connectivity index (χ2v) is 4.12. The number of nitrogens with zero attached hydrogens (tertiary/aromatic N) is 1. The zero-order valence-electron chi connectivity index (χ0n) is 9.07. The van der Waals surface area contributed by atoms with Crippen molar-refractivity contribution in [1.82, 2.24) is 4.90 Å². The van der Waals surface area contributed by atoms with Gasteiger partial charge in [0.05, 0.1) is 11.6 Å². The fourth-order valence-corrected chi connectivity index (χ4v) is 2.17. The third-order valence-electron chi connectivity index (χ3n) is 3.05. The summed E-state index contributed by atoms with van der Waals surface area (Å²) in [5, 5.41) is 0. The lowest BCUT2D eigenvalue weighted by Crippen LogP contribution is -2.21. The van der Waals surface area contributed by atoms with E-state index in [1.165, 1.54) is 12.1 Å². The van der Waals surface area contributed by atoms with Gasteiger partial charge in [-0.15, -0.1) is 0 Å². The molecule has 1 atom stereocenters. The highest BCUT2D eigenvalue weighted by Gasteiger charge is 2.31. The molecule has 17 heavy (non-hydrogen) atoms. The molecule has 92 valence electrons. The van der Waals surface area contributed by atoms with Crippen molar-refractivity contribution in [1.29, 1.82) is 0 Å². The molecule has 1 aliphatic rings. The molecule has 1 saturated heterocycles. The molecule has 0 bridgehead atoms. The second kappa shape index (κ2) is 4.39. The molecular formula is C12H12F3NO. The van der Waals surface area contributed by atoms with E-state index in [0.717, 1.165) is 36.9 Å². The Morgan fingerprint density at radius 3 is 2.41 bits per heavy atom. The highest BCUT2D eigenvalue weighted by atomic mass is 19.4. The van der Waals surface area contributed by atoms with Crippen molar-refractivity contribution < 1.29 is 18.0 Å². The number of carbonyl (C=O) groups excluding carboxylic acids is 1. The average Bonchev–Trinajstić information content (AvgIpc) is 2.76. The SMILES string of the molecule is O=CN1CCCC1c1ccc(C(F)(F)F)cc1. The molecule has 1 aliphatic heterocycles. The van der Waals surface area contributed by atoms with Crippen LogP contribution < -0.4 is 0 Å². The quantitative estimate of drug-likeness (QED) is 0.731. The summed E-state index contributed by atoms with van der Waals surface area (Å²) in [4.78, 5) is 12.4.